The molecular formula is C18H25FN2O. The van der Waals surface area contributed by atoms with E-state index in [-0.39, 0.29) is 5.91 Å². The van der Waals surface area contributed by atoms with Gasteiger partial charge in [-0.05, 0) is 56.0 Å². The van der Waals surface area contributed by atoms with E-state index < -0.39 is 0 Å². The van der Waals surface area contributed by atoms with Gasteiger partial charge < -0.3 is 9.80 Å². The Labute approximate surface area is 132 Å². The zero-order valence-electron chi connectivity index (χ0n) is 13.7. The number of benzene rings is 1. The first-order valence-electron chi connectivity index (χ1n) is 8.09. The highest BCUT2D eigenvalue weighted by Crippen LogP contribution is 2.30. The molecule has 0 spiro atoms. The van der Waals surface area contributed by atoms with E-state index in [2.05, 4.69) is 4.90 Å². The zero-order valence-corrected chi connectivity index (χ0v) is 13.7. The van der Waals surface area contributed by atoms with Crippen LogP contribution in [0.5, 0.6) is 0 Å². The highest BCUT2D eigenvalue weighted by Gasteiger charge is 2.22. The summed E-state index contributed by atoms with van der Waals surface area (Å²) in [6, 6.07) is 5.90. The fourth-order valence-electron chi connectivity index (χ4n) is 2.93. The monoisotopic (exact) mass is 304 g/mol. The number of hydrogen-bond donors (Lipinski definition) is 0. The van der Waals surface area contributed by atoms with Gasteiger partial charge in [-0.3, -0.25) is 4.79 Å². The van der Waals surface area contributed by atoms with Crippen molar-refractivity contribution in [3.63, 3.8) is 0 Å². The minimum absolute atomic E-state index is 0.0872. The van der Waals surface area contributed by atoms with E-state index in [4.69, 9.17) is 0 Å². The molecule has 0 atom stereocenters. The summed E-state index contributed by atoms with van der Waals surface area (Å²) in [5.41, 5.74) is 3.87. The standard InChI is InChI=1S/C18H25FN2O/c1-4-14(12-19)13-21-10-9-15-11-16(7-8-17(15)21)18(22)20(5-2)6-3/h7-8,11-12H,4-6,9-10,13H2,1-3H3/b14-12+. The van der Waals surface area contributed by atoms with Crippen molar-refractivity contribution in [1.82, 2.24) is 4.90 Å². The van der Waals surface area contributed by atoms with E-state index in [0.29, 0.717) is 6.54 Å². The Morgan fingerprint density at radius 2 is 2.05 bits per heavy atom. The summed E-state index contributed by atoms with van der Waals surface area (Å²) in [5.74, 6) is 0.0872. The molecule has 0 saturated heterocycles. The third-order valence-corrected chi connectivity index (χ3v) is 4.37. The predicted molar refractivity (Wildman–Crippen MR) is 89.1 cm³/mol. The number of amides is 1. The van der Waals surface area contributed by atoms with E-state index >= 15 is 0 Å². The van der Waals surface area contributed by atoms with Gasteiger partial charge in [-0.2, -0.15) is 0 Å². The topological polar surface area (TPSA) is 23.6 Å². The van der Waals surface area contributed by atoms with Crippen LogP contribution in [0.25, 0.3) is 0 Å². The Balaban J connectivity index is 2.18. The Bertz CT molecular complexity index is 564. The van der Waals surface area contributed by atoms with Crippen molar-refractivity contribution in [2.45, 2.75) is 33.6 Å². The lowest BCUT2D eigenvalue weighted by Crippen LogP contribution is -2.30. The van der Waals surface area contributed by atoms with Crippen LogP contribution in [-0.4, -0.2) is 37.0 Å². The SMILES string of the molecule is CC/C(=C\F)CN1CCc2cc(C(=O)N(CC)CC)ccc21. The molecule has 0 aliphatic carbocycles. The van der Waals surface area contributed by atoms with Crippen LogP contribution in [0.2, 0.25) is 0 Å². The summed E-state index contributed by atoms with van der Waals surface area (Å²) in [4.78, 5) is 16.4. The molecule has 1 amide bonds. The van der Waals surface area contributed by atoms with Crippen molar-refractivity contribution in [1.29, 1.82) is 0 Å². The Morgan fingerprint density at radius 1 is 1.32 bits per heavy atom. The highest BCUT2D eigenvalue weighted by molar-refractivity contribution is 5.95. The van der Waals surface area contributed by atoms with Crippen molar-refractivity contribution in [2.24, 2.45) is 0 Å². The van der Waals surface area contributed by atoms with Crippen LogP contribution >= 0.6 is 0 Å². The molecule has 3 nitrogen and oxygen atoms in total. The molecular weight excluding hydrogens is 279 g/mol. The summed E-state index contributed by atoms with van der Waals surface area (Å²) in [5, 5.41) is 0. The average molecular weight is 304 g/mol. The third kappa shape index (κ3) is 3.32. The number of anilines is 1. The second kappa shape index (κ2) is 7.43. The highest BCUT2D eigenvalue weighted by atomic mass is 19.1. The van der Waals surface area contributed by atoms with Crippen LogP contribution in [0, 0.1) is 0 Å². The lowest BCUT2D eigenvalue weighted by atomic mass is 10.1. The van der Waals surface area contributed by atoms with Gasteiger partial charge in [0.2, 0.25) is 0 Å². The van der Waals surface area contributed by atoms with E-state index in [0.717, 1.165) is 55.6 Å². The molecule has 0 aromatic heterocycles. The zero-order chi connectivity index (χ0) is 16.1. The molecule has 1 aliphatic rings. The van der Waals surface area contributed by atoms with Crippen molar-refractivity contribution >= 4 is 11.6 Å². The molecule has 120 valence electrons. The third-order valence-electron chi connectivity index (χ3n) is 4.37. The molecule has 0 unspecified atom stereocenters. The Morgan fingerprint density at radius 3 is 2.64 bits per heavy atom. The quantitative estimate of drug-likeness (QED) is 0.798. The molecule has 0 fully saturated rings. The molecule has 22 heavy (non-hydrogen) atoms. The van der Waals surface area contributed by atoms with Crippen molar-refractivity contribution in [3.05, 3.63) is 41.2 Å². The molecule has 1 aromatic rings. The summed E-state index contributed by atoms with van der Waals surface area (Å²) < 4.78 is 12.8. The number of nitrogens with zero attached hydrogens (tertiary/aromatic N) is 2. The van der Waals surface area contributed by atoms with Gasteiger partial charge >= 0.3 is 0 Å². The lowest BCUT2D eigenvalue weighted by molar-refractivity contribution is 0.0773. The maximum absolute atomic E-state index is 12.8. The molecule has 2 rings (SSSR count). The second-order valence-electron chi connectivity index (χ2n) is 5.61. The number of carbonyl (C=O) groups excluding carboxylic acids is 1. The minimum atomic E-state index is 0.0872. The maximum Gasteiger partial charge on any atom is 0.253 e. The predicted octanol–water partition coefficient (Wildman–Crippen LogP) is 3.79. The van der Waals surface area contributed by atoms with Gasteiger partial charge in [-0.25, -0.2) is 4.39 Å². The van der Waals surface area contributed by atoms with Crippen LogP contribution in [0.3, 0.4) is 0 Å². The number of fused-ring (bicyclic) bond motifs is 1. The summed E-state index contributed by atoms with van der Waals surface area (Å²) in [6.45, 7) is 8.91. The van der Waals surface area contributed by atoms with Crippen LogP contribution in [0.4, 0.5) is 10.1 Å². The largest absolute Gasteiger partial charge is 0.367 e. The number of rotatable bonds is 6. The van der Waals surface area contributed by atoms with Crippen molar-refractivity contribution in [3.8, 4) is 0 Å². The van der Waals surface area contributed by atoms with Crippen LogP contribution in [0.1, 0.15) is 43.1 Å². The smallest absolute Gasteiger partial charge is 0.253 e. The van der Waals surface area contributed by atoms with E-state index in [1.54, 1.807) is 0 Å². The summed E-state index contributed by atoms with van der Waals surface area (Å²) in [6.07, 6.45) is 2.36. The molecule has 4 heteroatoms. The Kier molecular flexibility index (Phi) is 5.58. The molecule has 1 aromatic carbocycles. The minimum Gasteiger partial charge on any atom is -0.367 e. The van der Waals surface area contributed by atoms with Crippen LogP contribution < -0.4 is 4.90 Å². The molecule has 0 bridgehead atoms. The van der Waals surface area contributed by atoms with Gasteiger partial charge in [0, 0.05) is 37.4 Å². The fourth-order valence-corrected chi connectivity index (χ4v) is 2.93. The maximum atomic E-state index is 12.8. The van der Waals surface area contributed by atoms with E-state index in [1.165, 1.54) is 5.56 Å². The fraction of sp³-hybridized carbons (Fsp3) is 0.500. The molecule has 0 radical (unpaired) electrons. The van der Waals surface area contributed by atoms with Gasteiger partial charge in [0.1, 0.15) is 0 Å². The number of hydrogen-bond acceptors (Lipinski definition) is 2. The Hall–Kier alpha value is -1.84. The van der Waals surface area contributed by atoms with Crippen molar-refractivity contribution < 1.29 is 9.18 Å². The first kappa shape index (κ1) is 16.5. The van der Waals surface area contributed by atoms with Gasteiger partial charge in [0.25, 0.3) is 5.91 Å². The first-order chi connectivity index (χ1) is 10.6. The normalized spacial score (nSPS) is 14.2. The molecule has 0 saturated carbocycles. The van der Waals surface area contributed by atoms with E-state index in [9.17, 15) is 9.18 Å². The van der Waals surface area contributed by atoms with Gasteiger partial charge in [0.05, 0.1) is 6.33 Å². The summed E-state index contributed by atoms with van der Waals surface area (Å²) >= 11 is 0. The molecule has 1 aliphatic heterocycles. The second-order valence-corrected chi connectivity index (χ2v) is 5.61. The van der Waals surface area contributed by atoms with Crippen LogP contribution in [0.15, 0.2) is 30.1 Å². The lowest BCUT2D eigenvalue weighted by Gasteiger charge is -2.21. The van der Waals surface area contributed by atoms with Gasteiger partial charge in [-0.1, -0.05) is 6.92 Å². The average Bonchev–Trinajstić information content (AvgIpc) is 2.95. The van der Waals surface area contributed by atoms with Gasteiger partial charge in [-0.15, -0.1) is 0 Å². The first-order valence-corrected chi connectivity index (χ1v) is 8.09. The van der Waals surface area contributed by atoms with Crippen molar-refractivity contribution in [2.75, 3.05) is 31.1 Å². The summed E-state index contributed by atoms with van der Waals surface area (Å²) in [7, 11) is 0. The van der Waals surface area contributed by atoms with Gasteiger partial charge in [0.15, 0.2) is 0 Å². The molecule has 0 N–H and O–H groups in total. The number of halogens is 1. The van der Waals surface area contributed by atoms with E-state index in [1.807, 2.05) is 43.9 Å². The number of carbonyl (C=O) groups is 1. The van der Waals surface area contributed by atoms with Crippen LogP contribution in [-0.2, 0) is 6.42 Å². The molecule has 1 heterocycles.